The van der Waals surface area contributed by atoms with Gasteiger partial charge in [0.15, 0.2) is 0 Å². The van der Waals surface area contributed by atoms with E-state index in [-0.39, 0.29) is 0 Å². The van der Waals surface area contributed by atoms with Crippen molar-refractivity contribution in [3.63, 3.8) is 0 Å². The van der Waals surface area contributed by atoms with Crippen molar-refractivity contribution < 1.29 is 4.79 Å². The number of pyridine rings is 1. The lowest BCUT2D eigenvalue weighted by Crippen LogP contribution is -2.33. The molecule has 3 aromatic rings. The van der Waals surface area contributed by atoms with Crippen molar-refractivity contribution >= 4 is 29.0 Å². The first-order valence-electron chi connectivity index (χ1n) is 8.75. The average Bonchev–Trinajstić information content (AvgIpc) is 2.70. The fourth-order valence-electron chi connectivity index (χ4n) is 2.65. The van der Waals surface area contributed by atoms with E-state index < -0.39 is 0 Å². The molecule has 0 saturated heterocycles. The Morgan fingerprint density at radius 2 is 1.96 bits per heavy atom. The van der Waals surface area contributed by atoms with Crippen molar-refractivity contribution in [3.8, 4) is 0 Å². The van der Waals surface area contributed by atoms with E-state index in [2.05, 4.69) is 40.1 Å². The minimum atomic E-state index is 0.352. The van der Waals surface area contributed by atoms with Gasteiger partial charge in [0.1, 0.15) is 6.29 Å². The van der Waals surface area contributed by atoms with Crippen LogP contribution in [0, 0.1) is 0 Å². The molecule has 26 heavy (non-hydrogen) atoms. The Bertz CT molecular complexity index is 851. The molecule has 0 aliphatic rings. The maximum absolute atomic E-state index is 10.7. The van der Waals surface area contributed by atoms with Crippen LogP contribution in [0.4, 0.5) is 0 Å². The van der Waals surface area contributed by atoms with Crippen LogP contribution < -0.4 is 10.0 Å². The molecule has 134 valence electrons. The van der Waals surface area contributed by atoms with Gasteiger partial charge >= 0.3 is 0 Å². The van der Waals surface area contributed by atoms with Crippen molar-refractivity contribution in [1.29, 1.82) is 0 Å². The third-order valence-electron chi connectivity index (χ3n) is 4.15. The highest BCUT2D eigenvalue weighted by Gasteiger charge is 2.03. The number of nitrogens with one attached hydrogen (secondary N) is 2. The van der Waals surface area contributed by atoms with Gasteiger partial charge in [-0.25, -0.2) is 0 Å². The van der Waals surface area contributed by atoms with Gasteiger partial charge < -0.3 is 5.32 Å². The summed E-state index contributed by atoms with van der Waals surface area (Å²) in [6, 6.07) is 16.5. The number of carbonyl (C=O) groups excluding carboxylic acids is 1. The maximum atomic E-state index is 10.7. The van der Waals surface area contributed by atoms with Gasteiger partial charge in [-0.3, -0.25) is 14.5 Å². The van der Waals surface area contributed by atoms with Gasteiger partial charge in [-0.05, 0) is 61.0 Å². The summed E-state index contributed by atoms with van der Waals surface area (Å²) in [5, 5.41) is 5.84. The van der Waals surface area contributed by atoms with Crippen LogP contribution in [0.25, 0.3) is 10.8 Å². The topological polar surface area (TPSA) is 54.0 Å². The van der Waals surface area contributed by atoms with E-state index in [4.69, 9.17) is 0 Å². The van der Waals surface area contributed by atoms with E-state index in [0.717, 1.165) is 36.7 Å². The molecule has 0 unspecified atom stereocenters. The fourth-order valence-corrected chi connectivity index (χ4v) is 3.39. The number of hydrogen-bond donors (Lipinski definition) is 2. The smallest absolute Gasteiger partial charge is 0.150 e. The lowest BCUT2D eigenvalue weighted by molar-refractivity contribution is 0.112. The molecule has 0 amide bonds. The number of rotatable bonds is 9. The van der Waals surface area contributed by atoms with Crippen molar-refractivity contribution in [2.24, 2.45) is 0 Å². The number of benzene rings is 2. The molecule has 0 radical (unpaired) electrons. The molecule has 2 N–H and O–H groups in total. The predicted molar refractivity (Wildman–Crippen MR) is 109 cm³/mol. The third-order valence-corrected chi connectivity index (χ3v) is 5.16. The van der Waals surface area contributed by atoms with E-state index in [9.17, 15) is 4.79 Å². The summed E-state index contributed by atoms with van der Waals surface area (Å²) < 4.78 is 3.48. The molecule has 3 rings (SSSR count). The molecular formula is C21H23N3OS. The highest BCUT2D eigenvalue weighted by Crippen LogP contribution is 2.21. The molecule has 1 aromatic heterocycles. The Labute approximate surface area is 158 Å². The normalized spacial score (nSPS) is 12.2. The van der Waals surface area contributed by atoms with Crippen LogP contribution >= 0.6 is 11.9 Å². The second-order valence-electron chi connectivity index (χ2n) is 6.32. The van der Waals surface area contributed by atoms with E-state index >= 15 is 0 Å². The molecule has 0 fully saturated rings. The van der Waals surface area contributed by atoms with Crippen LogP contribution in [-0.2, 0) is 6.42 Å². The first-order valence-corrected chi connectivity index (χ1v) is 9.57. The molecule has 0 aliphatic carbocycles. The summed E-state index contributed by atoms with van der Waals surface area (Å²) in [6.45, 7) is 3.99. The Kier molecular flexibility index (Phi) is 6.77. The van der Waals surface area contributed by atoms with E-state index in [1.165, 1.54) is 15.8 Å². The zero-order chi connectivity index (χ0) is 18.2. The average molecular weight is 366 g/mol. The van der Waals surface area contributed by atoms with Crippen LogP contribution in [0.3, 0.4) is 0 Å². The van der Waals surface area contributed by atoms with Crippen LogP contribution in [0.2, 0.25) is 0 Å². The highest BCUT2D eigenvalue weighted by atomic mass is 32.2. The fraction of sp³-hybridized carbons (Fsp3) is 0.238. The lowest BCUT2D eigenvalue weighted by atomic mass is 10.1. The number of fused-ring (bicyclic) bond motifs is 1. The van der Waals surface area contributed by atoms with Crippen molar-refractivity contribution in [2.45, 2.75) is 24.3 Å². The third kappa shape index (κ3) is 5.39. The van der Waals surface area contributed by atoms with E-state index in [1.54, 1.807) is 11.9 Å². The Morgan fingerprint density at radius 3 is 2.77 bits per heavy atom. The maximum Gasteiger partial charge on any atom is 0.150 e. The molecule has 0 saturated carbocycles. The SMILES string of the molecule is C[C@H](CNCCc1ccc(C=O)cc1)NSc1ccc2cnccc2c1. The lowest BCUT2D eigenvalue weighted by Gasteiger charge is -2.14. The Hall–Kier alpha value is -2.21. The summed E-state index contributed by atoms with van der Waals surface area (Å²) in [5.74, 6) is 0. The minimum Gasteiger partial charge on any atom is -0.315 e. The molecule has 5 heteroatoms. The summed E-state index contributed by atoms with van der Waals surface area (Å²) in [4.78, 5) is 16.0. The molecule has 1 atom stereocenters. The van der Waals surface area contributed by atoms with Crippen LogP contribution in [0.5, 0.6) is 0 Å². The van der Waals surface area contributed by atoms with Gasteiger partial charge in [-0.1, -0.05) is 30.3 Å². The van der Waals surface area contributed by atoms with E-state index in [0.29, 0.717) is 6.04 Å². The Balaban J connectivity index is 1.38. The zero-order valence-corrected chi connectivity index (χ0v) is 15.6. The molecular weight excluding hydrogens is 342 g/mol. The number of aromatic nitrogens is 1. The van der Waals surface area contributed by atoms with Gasteiger partial charge in [-0.15, -0.1) is 0 Å². The van der Waals surface area contributed by atoms with Crippen LogP contribution in [0.1, 0.15) is 22.8 Å². The number of aldehydes is 1. The van der Waals surface area contributed by atoms with Crippen molar-refractivity contribution in [3.05, 3.63) is 72.1 Å². The predicted octanol–water partition coefficient (Wildman–Crippen LogP) is 3.86. The van der Waals surface area contributed by atoms with Gasteiger partial charge in [-0.2, -0.15) is 0 Å². The second-order valence-corrected chi connectivity index (χ2v) is 7.23. The van der Waals surface area contributed by atoms with E-state index in [1.807, 2.05) is 42.7 Å². The van der Waals surface area contributed by atoms with Crippen molar-refractivity contribution in [1.82, 2.24) is 15.0 Å². The number of carbonyl (C=O) groups is 1. The summed E-state index contributed by atoms with van der Waals surface area (Å²) in [5.41, 5.74) is 1.96. The van der Waals surface area contributed by atoms with Crippen LogP contribution in [0.15, 0.2) is 65.8 Å². The standard InChI is InChI=1S/C21H23N3OS/c1-16(13-22-10-8-17-2-4-18(15-25)5-3-17)24-26-21-7-6-20-14-23-11-9-19(20)12-21/h2-7,9,11-12,14-16,22,24H,8,10,13H2,1H3/t16-/m1/s1. The molecule has 0 bridgehead atoms. The number of nitrogens with zero attached hydrogens (tertiary/aromatic N) is 1. The summed E-state index contributed by atoms with van der Waals surface area (Å²) in [7, 11) is 0. The van der Waals surface area contributed by atoms with Gasteiger partial charge in [0.2, 0.25) is 0 Å². The molecule has 4 nitrogen and oxygen atoms in total. The first kappa shape index (κ1) is 18.6. The molecule has 0 aliphatic heterocycles. The van der Waals surface area contributed by atoms with Gasteiger partial charge in [0.05, 0.1) is 0 Å². The molecule has 2 aromatic carbocycles. The van der Waals surface area contributed by atoms with Crippen LogP contribution in [-0.4, -0.2) is 30.4 Å². The first-order chi connectivity index (χ1) is 12.7. The zero-order valence-electron chi connectivity index (χ0n) is 14.8. The molecule has 1 heterocycles. The monoisotopic (exact) mass is 365 g/mol. The Morgan fingerprint density at radius 1 is 1.12 bits per heavy atom. The largest absolute Gasteiger partial charge is 0.315 e. The second kappa shape index (κ2) is 9.48. The molecule has 0 spiro atoms. The summed E-state index contributed by atoms with van der Waals surface area (Å²) in [6.07, 6.45) is 5.54. The summed E-state index contributed by atoms with van der Waals surface area (Å²) >= 11 is 1.66. The quantitative estimate of drug-likeness (QED) is 0.343. The number of hydrogen-bond acceptors (Lipinski definition) is 5. The minimum absolute atomic E-state index is 0.352. The highest BCUT2D eigenvalue weighted by molar-refractivity contribution is 7.97. The van der Waals surface area contributed by atoms with Gasteiger partial charge in [0.25, 0.3) is 0 Å². The van der Waals surface area contributed by atoms with Crippen molar-refractivity contribution in [2.75, 3.05) is 13.1 Å². The van der Waals surface area contributed by atoms with Gasteiger partial charge in [0, 0.05) is 40.8 Å².